The zero-order valence-electron chi connectivity index (χ0n) is 22.5. The highest BCUT2D eigenvalue weighted by molar-refractivity contribution is 7.85. The van der Waals surface area contributed by atoms with Crippen LogP contribution >= 0.6 is 0 Å². The molecule has 1 aliphatic carbocycles. The topological polar surface area (TPSA) is 172 Å². The molecule has 2 amide bonds. The molecule has 218 valence electrons. The van der Waals surface area contributed by atoms with Crippen molar-refractivity contribution in [3.63, 3.8) is 0 Å². The number of carbonyl (C=O) groups excluding carboxylic acids is 3. The number of imide groups is 1. The first kappa shape index (κ1) is 28.5. The van der Waals surface area contributed by atoms with E-state index in [2.05, 4.69) is 9.89 Å². The molecular formula is C27H29N4O9S-. The average molecular weight is 586 g/mol. The molecule has 3 aliphatic heterocycles. The molecule has 0 unspecified atom stereocenters. The molecule has 4 aliphatic rings. The highest BCUT2D eigenvalue weighted by atomic mass is 32.2. The van der Waals surface area contributed by atoms with E-state index in [1.54, 1.807) is 6.07 Å². The van der Waals surface area contributed by atoms with Gasteiger partial charge in [-0.05, 0) is 37.8 Å². The molecule has 1 saturated heterocycles. The second-order valence-electron chi connectivity index (χ2n) is 9.94. The zero-order chi connectivity index (χ0) is 29.1. The number of rotatable bonds is 10. The third-order valence-electron chi connectivity index (χ3n) is 6.83. The van der Waals surface area contributed by atoms with E-state index >= 15 is 0 Å². The summed E-state index contributed by atoms with van der Waals surface area (Å²) in [4.78, 5) is 51.8. The largest absolute Gasteiger partial charge is 0.748 e. The number of unbranched alkanes of at least 4 members (excludes halogenated alkanes) is 1. The third kappa shape index (κ3) is 6.82. The summed E-state index contributed by atoms with van der Waals surface area (Å²) in [6.45, 7) is 3.83. The number of hydrogen-bond acceptors (Lipinski definition) is 12. The second kappa shape index (κ2) is 11.8. The van der Waals surface area contributed by atoms with Gasteiger partial charge in [0.15, 0.2) is 11.3 Å². The van der Waals surface area contributed by atoms with Crippen molar-refractivity contribution in [3.8, 4) is 17.2 Å². The van der Waals surface area contributed by atoms with E-state index < -0.39 is 33.7 Å². The van der Waals surface area contributed by atoms with E-state index in [1.165, 1.54) is 0 Å². The number of nitrogens with zero attached hydrogens (tertiary/aromatic N) is 4. The van der Waals surface area contributed by atoms with Crippen LogP contribution in [0.5, 0.6) is 5.75 Å². The van der Waals surface area contributed by atoms with Crippen molar-refractivity contribution in [1.82, 2.24) is 10.0 Å². The fourth-order valence-electron chi connectivity index (χ4n) is 4.75. The number of anilines is 1. The Kier molecular flexibility index (Phi) is 8.22. The molecule has 0 atom stereocenters. The molecule has 0 saturated carbocycles. The van der Waals surface area contributed by atoms with Crippen LogP contribution in [-0.2, 0) is 29.3 Å². The number of hydroxylamine groups is 2. The van der Waals surface area contributed by atoms with E-state index in [0.717, 1.165) is 11.3 Å². The normalized spacial score (nSPS) is 16.0. The number of aromatic nitrogens is 1. The van der Waals surface area contributed by atoms with E-state index in [1.807, 2.05) is 25.1 Å². The maximum Gasteiger partial charge on any atom is 0.333 e. The molecule has 1 aromatic carbocycles. The summed E-state index contributed by atoms with van der Waals surface area (Å²) < 4.78 is 44.4. The van der Waals surface area contributed by atoms with Gasteiger partial charge in [0.05, 0.1) is 27.7 Å². The van der Waals surface area contributed by atoms with Gasteiger partial charge < -0.3 is 23.4 Å². The van der Waals surface area contributed by atoms with Crippen LogP contribution in [-0.4, -0.2) is 72.8 Å². The number of carbonyl (C=O) groups is 3. The molecule has 41 heavy (non-hydrogen) atoms. The Bertz CT molecular complexity index is 1630. The van der Waals surface area contributed by atoms with Crippen molar-refractivity contribution >= 4 is 44.7 Å². The minimum absolute atomic E-state index is 0.0340. The van der Waals surface area contributed by atoms with Crippen LogP contribution in [0, 0.1) is 6.92 Å². The number of benzene rings is 2. The summed E-state index contributed by atoms with van der Waals surface area (Å²) in [5.74, 6) is -0.886. The predicted octanol–water partition coefficient (Wildman–Crippen LogP) is 2.05. The van der Waals surface area contributed by atoms with Crippen LogP contribution in [0.2, 0.25) is 0 Å². The van der Waals surface area contributed by atoms with Crippen LogP contribution in [0.3, 0.4) is 0 Å². The van der Waals surface area contributed by atoms with Gasteiger partial charge >= 0.3 is 5.97 Å². The third-order valence-corrected chi connectivity index (χ3v) is 7.62. The van der Waals surface area contributed by atoms with Crippen molar-refractivity contribution in [2.75, 3.05) is 36.9 Å². The second-order valence-corrected chi connectivity index (χ2v) is 11.5. The molecule has 0 spiro atoms. The average Bonchev–Trinajstić information content (AvgIpc) is 3.22. The Morgan fingerprint density at radius 1 is 1.12 bits per heavy atom. The maximum atomic E-state index is 12.2. The minimum atomic E-state index is -4.23. The number of aryl methyl sites for hydroxylation is 1. The van der Waals surface area contributed by atoms with E-state index in [9.17, 15) is 27.4 Å². The molecule has 13 nitrogen and oxygen atoms in total. The molecule has 0 N–H and O–H groups in total. The first-order chi connectivity index (χ1) is 19.6. The molecule has 1 fully saturated rings. The highest BCUT2D eigenvalue weighted by Crippen LogP contribution is 2.37. The molecule has 3 heterocycles. The summed E-state index contributed by atoms with van der Waals surface area (Å²) in [6.07, 6.45) is 1.29. The van der Waals surface area contributed by atoms with Gasteiger partial charge in [0, 0.05) is 56.3 Å². The Morgan fingerprint density at radius 3 is 2.66 bits per heavy atom. The monoisotopic (exact) mass is 585 g/mol. The minimum Gasteiger partial charge on any atom is -0.748 e. The van der Waals surface area contributed by atoms with Crippen molar-refractivity contribution in [3.05, 3.63) is 35.2 Å². The Hall–Kier alpha value is -4.04. The Labute approximate surface area is 235 Å². The first-order valence-electron chi connectivity index (χ1n) is 13.3. The molecule has 14 heteroatoms. The van der Waals surface area contributed by atoms with E-state index in [4.69, 9.17) is 19.0 Å². The summed E-state index contributed by atoms with van der Waals surface area (Å²) >= 11 is 0. The van der Waals surface area contributed by atoms with Crippen molar-refractivity contribution in [1.29, 1.82) is 0 Å². The van der Waals surface area contributed by atoms with Gasteiger partial charge in [0.2, 0.25) is 0 Å². The summed E-state index contributed by atoms with van der Waals surface area (Å²) in [5.41, 5.74) is 3.47. The van der Waals surface area contributed by atoms with Gasteiger partial charge in [0.25, 0.3) is 11.8 Å². The molecule has 0 bridgehead atoms. The number of amides is 2. The lowest BCUT2D eigenvalue weighted by molar-refractivity contribution is -0.197. The highest BCUT2D eigenvalue weighted by Gasteiger charge is 2.32. The van der Waals surface area contributed by atoms with E-state index in [-0.39, 0.29) is 25.7 Å². The van der Waals surface area contributed by atoms with Gasteiger partial charge in [-0.2, -0.15) is 0 Å². The van der Waals surface area contributed by atoms with Crippen molar-refractivity contribution in [2.45, 2.75) is 45.4 Å². The molecule has 5 rings (SSSR count). The lowest BCUT2D eigenvalue weighted by atomic mass is 10.1. The molecule has 0 radical (unpaired) electrons. The molecule has 1 aromatic rings. The van der Waals surface area contributed by atoms with Crippen molar-refractivity contribution < 1.29 is 41.3 Å². The number of hydrogen-bond donors (Lipinski definition) is 0. The van der Waals surface area contributed by atoms with Crippen LogP contribution < -0.4 is 15.0 Å². The summed E-state index contributed by atoms with van der Waals surface area (Å²) in [7, 11) is -4.23. The lowest BCUT2D eigenvalue weighted by Gasteiger charge is -2.31. The lowest BCUT2D eigenvalue weighted by Crippen LogP contribution is -2.34. The number of ether oxygens (including phenoxy) is 1. The van der Waals surface area contributed by atoms with Crippen LogP contribution in [0.1, 0.15) is 44.1 Å². The van der Waals surface area contributed by atoms with E-state index in [0.29, 0.717) is 77.8 Å². The van der Waals surface area contributed by atoms with Gasteiger partial charge in [-0.3, -0.25) is 14.6 Å². The SMILES string of the molecule is Cc1cc2nc3cc4c(cc3oc-2cc1=NCCCCS(=O)(=O)[O-])N(CCCC(=O)ON1C(=O)CCC1=O)CCO4. The van der Waals surface area contributed by atoms with Gasteiger partial charge in [0.1, 0.15) is 23.6 Å². The smallest absolute Gasteiger partial charge is 0.333 e. The summed E-state index contributed by atoms with van der Waals surface area (Å²) in [5, 5.41) is 1.25. The van der Waals surface area contributed by atoms with Crippen LogP contribution in [0.4, 0.5) is 5.69 Å². The predicted molar refractivity (Wildman–Crippen MR) is 144 cm³/mol. The van der Waals surface area contributed by atoms with Gasteiger partial charge in [-0.15, -0.1) is 5.06 Å². The Morgan fingerprint density at radius 2 is 1.90 bits per heavy atom. The molecule has 0 aromatic heterocycles. The standard InChI is InChI=1S/C27H30N4O9S/c1-17-13-19-22(14-18(17)28-8-2-3-12-41(35,36)37)39-23-16-21-24(15-20(23)29-19)38-11-10-30(21)9-4-5-27(34)40-31-25(32)6-7-26(31)33/h13-16H,2-12H2,1H3,(H,35,36,37)/p-1. The molecular weight excluding hydrogens is 556 g/mol. The zero-order valence-corrected chi connectivity index (χ0v) is 23.3. The van der Waals surface area contributed by atoms with Gasteiger partial charge in [-0.1, -0.05) is 0 Å². The quantitative estimate of drug-likeness (QED) is 0.148. The fraction of sp³-hybridized carbons (Fsp3) is 0.444. The van der Waals surface area contributed by atoms with Crippen LogP contribution in [0.15, 0.2) is 33.7 Å². The maximum absolute atomic E-state index is 12.2. The number of fused-ring (bicyclic) bond motifs is 3. The first-order valence-corrected chi connectivity index (χ1v) is 14.9. The van der Waals surface area contributed by atoms with Gasteiger partial charge in [-0.25, -0.2) is 18.2 Å². The fourth-order valence-corrected chi connectivity index (χ4v) is 5.31. The summed E-state index contributed by atoms with van der Waals surface area (Å²) in [6, 6.07) is 7.32. The van der Waals surface area contributed by atoms with Crippen molar-refractivity contribution in [2.24, 2.45) is 4.99 Å². The Balaban J connectivity index is 1.29. The van der Waals surface area contributed by atoms with Crippen LogP contribution in [0.25, 0.3) is 22.6 Å².